The van der Waals surface area contributed by atoms with Crippen molar-refractivity contribution in [2.24, 2.45) is 35.3 Å². The van der Waals surface area contributed by atoms with E-state index in [1.807, 2.05) is 19.9 Å². The highest BCUT2D eigenvalue weighted by atomic mass is 32.1. The Bertz CT molecular complexity index is 3180. The van der Waals surface area contributed by atoms with Gasteiger partial charge >= 0.3 is 6.09 Å². The third-order valence-electron chi connectivity index (χ3n) is 16.3. The smallest absolute Gasteiger partial charge is 0.408 e. The first kappa shape index (κ1) is 90.6. The van der Waals surface area contributed by atoms with Gasteiger partial charge in [-0.3, -0.25) is 62.3 Å². The molecule has 0 heterocycles. The van der Waals surface area contributed by atoms with Crippen molar-refractivity contribution in [2.75, 3.05) is 34.3 Å². The lowest BCUT2D eigenvalue weighted by Gasteiger charge is -2.31. The predicted octanol–water partition coefficient (Wildman–Crippen LogP) is 7.96. The van der Waals surface area contributed by atoms with Gasteiger partial charge in [-0.1, -0.05) is 146 Å². The van der Waals surface area contributed by atoms with Gasteiger partial charge in [0.1, 0.15) is 23.7 Å². The largest absolute Gasteiger partial charge is 0.444 e. The van der Waals surface area contributed by atoms with Crippen LogP contribution in [0, 0.1) is 29.6 Å². The second-order valence-electron chi connectivity index (χ2n) is 28.3. The van der Waals surface area contributed by atoms with Crippen molar-refractivity contribution >= 4 is 94.1 Å². The maximum atomic E-state index is 14.5. The molecule has 560 valence electrons. The van der Waals surface area contributed by atoms with Crippen molar-refractivity contribution in [1.82, 2.24) is 36.0 Å². The van der Waals surface area contributed by atoms with Gasteiger partial charge in [0.15, 0.2) is 34.0 Å². The standard InChI is InChI=1S/C68H104N8O16S.C8H10/c1-18-19-20-21-25-28-51(76(17)64(88)44(7)34-48(77)39-70-66(90)92-68(12,13)14)54(79)30-32-58(83)75(16)52(33-41(2)3)55(80)35-43(6)61(85)73-60(42(4)5)56(81)37-47(36-46-26-23-22-24-27-46)63(87)71-49(38-59(84)93)65(89)74(15)45(8)62(86)72-50(40-91-67(9,10)11)53(78)29-31-57(69)82;1-2-8-6-4-3-5-7-8/h18-27,41-45,47,49-52,60H,1,28-40H2,2-17H3,(H2,69,82)(H,70,90)(H,71,87)(H,72,86)(H,73,85)(H,84,93);3-7H,2H2,1H3/b20-19-,25-21+;/t43-,44-,45+,47-,49+,50+,51+,52+,60+;/m1./s1. The number of nitrogens with zero attached hydrogens (tertiary/aromatic N) is 3. The van der Waals surface area contributed by atoms with Gasteiger partial charge in [-0.25, -0.2) is 4.79 Å². The Kier molecular flexibility index (Phi) is 40.7. The summed E-state index contributed by atoms with van der Waals surface area (Å²) >= 11 is 3.89. The summed E-state index contributed by atoms with van der Waals surface area (Å²) in [6, 6.07) is 11.7. The van der Waals surface area contributed by atoms with Gasteiger partial charge in [-0.2, -0.15) is 0 Å². The Labute approximate surface area is 603 Å². The summed E-state index contributed by atoms with van der Waals surface area (Å²) in [6.45, 7) is 26.9. The molecule has 2 rings (SSSR count). The summed E-state index contributed by atoms with van der Waals surface area (Å²) < 4.78 is 10.9. The number of Topliss-reactive ketones (excluding diaryl/α,β-unsaturated/α-hetero) is 5. The summed E-state index contributed by atoms with van der Waals surface area (Å²) in [5.74, 6) is -11.2. The van der Waals surface area contributed by atoms with Crippen molar-refractivity contribution in [2.45, 2.75) is 221 Å². The van der Waals surface area contributed by atoms with Crippen LogP contribution in [0.2, 0.25) is 0 Å². The molecule has 0 bridgehead atoms. The lowest BCUT2D eigenvalue weighted by Crippen LogP contribution is -2.57. The molecule has 0 aliphatic carbocycles. The van der Waals surface area contributed by atoms with Crippen LogP contribution >= 0.6 is 12.6 Å². The Hall–Kier alpha value is -8.45. The van der Waals surface area contributed by atoms with Crippen molar-refractivity contribution < 1.29 is 76.6 Å². The number of benzene rings is 2. The Balaban J connectivity index is 0.00000591. The molecule has 0 unspecified atom stereocenters. The van der Waals surface area contributed by atoms with Crippen LogP contribution < -0.4 is 27.0 Å². The van der Waals surface area contributed by atoms with E-state index in [1.165, 1.54) is 57.3 Å². The SMILES string of the molecule is C=C/C=C\C=C\C[C@@H](C(=O)CCC(=O)N(C)[C@@H](CC(C)C)C(=O)C[C@@H](C)C(=O)N[C@H](C(=O)C[C@@H](Cc1ccccc1)C(=O)N[C@@H](CC(=O)S)C(=O)N(C)[C@@H](C)C(=O)N[C@@H](COC(C)(C)C)C(=O)CCC(N)=O)C(C)C)N(C)C(=O)[C@H](C)CC(=O)CNC(=O)OC(C)(C)C.CCc1ccccc1. The minimum Gasteiger partial charge on any atom is -0.444 e. The van der Waals surface area contributed by atoms with Crippen LogP contribution in [0.3, 0.4) is 0 Å². The quantitative estimate of drug-likeness (QED) is 0.0271. The minimum atomic E-state index is -1.59. The van der Waals surface area contributed by atoms with Crippen molar-refractivity contribution in [3.8, 4) is 0 Å². The Morgan fingerprint density at radius 1 is 0.584 bits per heavy atom. The summed E-state index contributed by atoms with van der Waals surface area (Å²) in [4.78, 5) is 192. The Morgan fingerprint density at radius 3 is 1.67 bits per heavy atom. The van der Waals surface area contributed by atoms with Gasteiger partial charge in [-0.05, 0) is 97.1 Å². The molecule has 25 heteroatoms. The van der Waals surface area contributed by atoms with E-state index in [-0.39, 0.29) is 76.9 Å². The molecule has 2 aromatic carbocycles. The highest BCUT2D eigenvalue weighted by Gasteiger charge is 2.38. The van der Waals surface area contributed by atoms with Crippen molar-refractivity contribution in [3.05, 3.63) is 109 Å². The molecule has 6 N–H and O–H groups in total. The fraction of sp³-hybridized carbons (Fsp3) is 0.579. The van der Waals surface area contributed by atoms with Gasteiger partial charge in [0, 0.05) is 90.3 Å². The maximum absolute atomic E-state index is 14.5. The summed E-state index contributed by atoms with van der Waals surface area (Å²) in [6.07, 6.45) is 5.92. The zero-order valence-electron chi connectivity index (χ0n) is 62.5. The number of aryl methyl sites for hydroxylation is 1. The average Bonchev–Trinajstić information content (AvgIpc) is 0.859. The van der Waals surface area contributed by atoms with Crippen LogP contribution in [0.1, 0.15) is 172 Å². The molecule has 0 radical (unpaired) electrons. The molecular weight excluding hydrogens is 1310 g/mol. The number of amides is 8. The number of ketones is 5. The van der Waals surface area contributed by atoms with E-state index in [9.17, 15) is 67.1 Å². The first-order valence-corrected chi connectivity index (χ1v) is 34.9. The van der Waals surface area contributed by atoms with E-state index in [1.54, 1.807) is 116 Å². The number of carbonyl (C=O) groups excluding carboxylic acids is 14. The van der Waals surface area contributed by atoms with E-state index in [0.29, 0.717) is 5.56 Å². The lowest BCUT2D eigenvalue weighted by molar-refractivity contribution is -0.143. The second-order valence-corrected chi connectivity index (χ2v) is 28.8. The number of hydrogen-bond donors (Lipinski definition) is 6. The number of hydrogen-bond acceptors (Lipinski definition) is 16. The van der Waals surface area contributed by atoms with Gasteiger partial charge in [-0.15, -0.1) is 12.6 Å². The molecule has 0 saturated carbocycles. The lowest BCUT2D eigenvalue weighted by atomic mass is 9.87. The number of primary amides is 1. The number of allylic oxidation sites excluding steroid dienone is 4. The third kappa shape index (κ3) is 36.1. The van der Waals surface area contributed by atoms with Crippen LogP contribution in [0.15, 0.2) is 97.6 Å². The van der Waals surface area contributed by atoms with Crippen molar-refractivity contribution in [3.63, 3.8) is 0 Å². The van der Waals surface area contributed by atoms with Crippen LogP contribution in [0.4, 0.5) is 4.79 Å². The fourth-order valence-corrected chi connectivity index (χ4v) is 10.5. The highest BCUT2D eigenvalue weighted by molar-refractivity contribution is 7.96. The molecule has 0 saturated heterocycles. The second kappa shape index (κ2) is 45.4. The van der Waals surface area contributed by atoms with Gasteiger partial charge in [0.2, 0.25) is 41.4 Å². The van der Waals surface area contributed by atoms with E-state index in [0.717, 1.165) is 11.3 Å². The van der Waals surface area contributed by atoms with E-state index >= 15 is 0 Å². The third-order valence-corrected chi connectivity index (χ3v) is 16.5. The fourth-order valence-electron chi connectivity index (χ4n) is 10.3. The summed E-state index contributed by atoms with van der Waals surface area (Å²) in [5.41, 5.74) is 5.79. The van der Waals surface area contributed by atoms with E-state index < -0.39 is 165 Å². The molecule has 0 fully saturated rings. The molecule has 24 nitrogen and oxygen atoms in total. The molecule has 0 aliphatic rings. The zero-order valence-corrected chi connectivity index (χ0v) is 63.4. The highest BCUT2D eigenvalue weighted by Crippen LogP contribution is 2.23. The van der Waals surface area contributed by atoms with E-state index in [2.05, 4.69) is 71.7 Å². The number of alkyl carbamates (subject to hydrolysis) is 1. The minimum absolute atomic E-state index is 0.0313. The van der Waals surface area contributed by atoms with Gasteiger partial charge in [0.25, 0.3) is 0 Å². The topological polar surface area (TPSA) is 341 Å². The Morgan fingerprint density at radius 2 is 1.16 bits per heavy atom. The first-order chi connectivity index (χ1) is 47.0. The number of nitrogens with one attached hydrogen (secondary N) is 4. The van der Waals surface area contributed by atoms with Crippen LogP contribution in [0.25, 0.3) is 0 Å². The van der Waals surface area contributed by atoms with E-state index in [4.69, 9.17) is 15.2 Å². The monoisotopic (exact) mass is 1430 g/mol. The normalized spacial score (nSPS) is 14.2. The van der Waals surface area contributed by atoms with Gasteiger partial charge < -0.3 is 51.2 Å². The first-order valence-electron chi connectivity index (χ1n) is 34.5. The zero-order chi connectivity index (χ0) is 77.1. The number of thiol groups is 1. The predicted molar refractivity (Wildman–Crippen MR) is 391 cm³/mol. The number of ether oxygens (including phenoxy) is 2. The number of nitrogens with two attached hydrogens (primary N) is 1. The van der Waals surface area contributed by atoms with Crippen LogP contribution in [-0.4, -0.2) is 178 Å². The van der Waals surface area contributed by atoms with Crippen LogP contribution in [0.5, 0.6) is 0 Å². The number of carbonyl (C=O) groups is 14. The average molecular weight is 1430 g/mol. The number of likely N-dealkylation sites (N-methyl/N-ethyl adjacent to an activating group) is 3. The molecule has 101 heavy (non-hydrogen) atoms. The van der Waals surface area contributed by atoms with Crippen molar-refractivity contribution in [1.29, 1.82) is 0 Å². The summed E-state index contributed by atoms with van der Waals surface area (Å²) in [7, 11) is 4.13. The molecule has 0 aromatic heterocycles. The molecule has 8 amide bonds. The maximum Gasteiger partial charge on any atom is 0.408 e. The molecule has 0 spiro atoms. The molecule has 2 aromatic rings. The molecule has 0 aliphatic heterocycles. The number of rotatable bonds is 43. The molecule has 9 atom stereocenters. The van der Waals surface area contributed by atoms with Gasteiger partial charge in [0.05, 0.1) is 36.9 Å². The summed E-state index contributed by atoms with van der Waals surface area (Å²) in [5, 5.41) is 9.55. The molecular formula is C76H114N8O16S. The van der Waals surface area contributed by atoms with Crippen LogP contribution in [-0.2, 0) is 84.6 Å².